The fourth-order valence-electron chi connectivity index (χ4n) is 2.89. The third-order valence-electron chi connectivity index (χ3n) is 4.33. The zero-order chi connectivity index (χ0) is 18.8. The monoisotopic (exact) mass is 362 g/mol. The summed E-state index contributed by atoms with van der Waals surface area (Å²) in [5.41, 5.74) is 4.02. The summed E-state index contributed by atoms with van der Waals surface area (Å²) in [5, 5.41) is 6.57. The Morgan fingerprint density at radius 2 is 1.59 bits per heavy atom. The summed E-state index contributed by atoms with van der Waals surface area (Å²) in [6, 6.07) is 16.0. The summed E-state index contributed by atoms with van der Waals surface area (Å²) < 4.78 is 10.8. The van der Waals surface area contributed by atoms with Crippen LogP contribution < -0.4 is 20.1 Å². The Labute approximate surface area is 158 Å². The van der Waals surface area contributed by atoms with Crippen molar-refractivity contribution in [1.82, 2.24) is 9.97 Å². The van der Waals surface area contributed by atoms with Crippen LogP contribution in [-0.4, -0.2) is 16.8 Å². The van der Waals surface area contributed by atoms with E-state index in [0.717, 1.165) is 34.4 Å². The number of ether oxygens (including phenoxy) is 2. The van der Waals surface area contributed by atoms with Crippen LogP contribution in [0.1, 0.15) is 31.0 Å². The summed E-state index contributed by atoms with van der Waals surface area (Å²) in [5.74, 6) is 3.24. The first-order valence-electron chi connectivity index (χ1n) is 8.96. The maximum Gasteiger partial charge on any atom is 0.231 e. The highest BCUT2D eigenvalue weighted by Gasteiger charge is 2.14. The van der Waals surface area contributed by atoms with Gasteiger partial charge in [0, 0.05) is 29.2 Å². The normalized spacial score (nSPS) is 12.3. The molecule has 6 heteroatoms. The maximum absolute atomic E-state index is 5.41. The predicted octanol–water partition coefficient (Wildman–Crippen LogP) is 5.12. The molecule has 1 aliphatic rings. The molecule has 0 radical (unpaired) electrons. The molecule has 0 atom stereocenters. The lowest BCUT2D eigenvalue weighted by molar-refractivity contribution is 0.174. The Morgan fingerprint density at radius 1 is 0.852 bits per heavy atom. The van der Waals surface area contributed by atoms with Crippen molar-refractivity contribution in [2.45, 2.75) is 26.7 Å². The van der Waals surface area contributed by atoms with Crippen molar-refractivity contribution in [2.24, 2.45) is 0 Å². The van der Waals surface area contributed by atoms with E-state index in [4.69, 9.17) is 9.47 Å². The second-order valence-electron chi connectivity index (χ2n) is 6.81. The molecular formula is C21H22N4O2. The Bertz CT molecular complexity index is 955. The highest BCUT2D eigenvalue weighted by molar-refractivity contribution is 5.63. The Balaban J connectivity index is 1.52. The Kier molecular flexibility index (Phi) is 4.54. The fraction of sp³-hybridized carbons (Fsp3) is 0.238. The van der Waals surface area contributed by atoms with Crippen molar-refractivity contribution in [3.63, 3.8) is 0 Å². The van der Waals surface area contributed by atoms with Gasteiger partial charge in [-0.3, -0.25) is 0 Å². The number of hydrogen-bond acceptors (Lipinski definition) is 6. The number of nitrogens with zero attached hydrogens (tertiary/aromatic N) is 2. The van der Waals surface area contributed by atoms with Gasteiger partial charge in [0.05, 0.1) is 0 Å². The van der Waals surface area contributed by atoms with Gasteiger partial charge in [-0.2, -0.15) is 4.98 Å². The molecule has 0 unspecified atom stereocenters. The minimum atomic E-state index is 0.253. The van der Waals surface area contributed by atoms with E-state index in [1.165, 1.54) is 5.56 Å². The number of anilines is 4. The number of benzene rings is 2. The Morgan fingerprint density at radius 3 is 2.37 bits per heavy atom. The van der Waals surface area contributed by atoms with Crippen LogP contribution >= 0.6 is 0 Å². The van der Waals surface area contributed by atoms with E-state index in [2.05, 4.69) is 58.7 Å². The second kappa shape index (κ2) is 7.15. The van der Waals surface area contributed by atoms with Crippen molar-refractivity contribution in [3.8, 4) is 11.5 Å². The van der Waals surface area contributed by atoms with E-state index in [1.54, 1.807) is 0 Å². The molecule has 0 spiro atoms. The van der Waals surface area contributed by atoms with Crippen molar-refractivity contribution in [1.29, 1.82) is 0 Å². The summed E-state index contributed by atoms with van der Waals surface area (Å²) in [7, 11) is 0. The van der Waals surface area contributed by atoms with Crippen LogP contribution in [0.4, 0.5) is 23.1 Å². The average Bonchev–Trinajstić information content (AvgIpc) is 3.09. The smallest absolute Gasteiger partial charge is 0.231 e. The third-order valence-corrected chi connectivity index (χ3v) is 4.33. The van der Waals surface area contributed by atoms with Crippen LogP contribution in [0.2, 0.25) is 0 Å². The van der Waals surface area contributed by atoms with Gasteiger partial charge < -0.3 is 20.1 Å². The second-order valence-corrected chi connectivity index (χ2v) is 6.81. The van der Waals surface area contributed by atoms with E-state index < -0.39 is 0 Å². The lowest BCUT2D eigenvalue weighted by Gasteiger charge is -2.11. The van der Waals surface area contributed by atoms with Crippen LogP contribution in [-0.2, 0) is 0 Å². The molecule has 0 aliphatic carbocycles. The summed E-state index contributed by atoms with van der Waals surface area (Å²) in [4.78, 5) is 9.04. The van der Waals surface area contributed by atoms with Gasteiger partial charge in [0.1, 0.15) is 5.82 Å². The number of rotatable bonds is 5. The summed E-state index contributed by atoms with van der Waals surface area (Å²) in [6.07, 6.45) is 0. The first kappa shape index (κ1) is 17.1. The van der Waals surface area contributed by atoms with Crippen LogP contribution in [0.5, 0.6) is 11.5 Å². The highest BCUT2D eigenvalue weighted by atomic mass is 16.7. The van der Waals surface area contributed by atoms with Crippen LogP contribution in [0.3, 0.4) is 0 Å². The number of aromatic nitrogens is 2. The molecule has 0 fully saturated rings. The molecular weight excluding hydrogens is 340 g/mol. The number of aryl methyl sites for hydroxylation is 1. The van der Waals surface area contributed by atoms with Gasteiger partial charge in [-0.1, -0.05) is 26.0 Å². The zero-order valence-electron chi connectivity index (χ0n) is 15.6. The number of hydrogen-bond donors (Lipinski definition) is 2. The molecule has 0 saturated carbocycles. The molecule has 0 bridgehead atoms. The standard InChI is InChI=1S/C21H22N4O2/c1-13(2)15-4-6-16(7-5-15)23-20-10-14(3)22-21(25-20)24-17-8-9-18-19(11-17)27-12-26-18/h4-11,13H,12H2,1-3H3,(H2,22,23,24,25). The van der Waals surface area contributed by atoms with Crippen LogP contribution in [0, 0.1) is 6.92 Å². The molecule has 138 valence electrons. The van der Waals surface area contributed by atoms with E-state index in [9.17, 15) is 0 Å². The predicted molar refractivity (Wildman–Crippen MR) is 106 cm³/mol. The molecule has 4 rings (SSSR count). The quantitative estimate of drug-likeness (QED) is 0.656. The fourth-order valence-corrected chi connectivity index (χ4v) is 2.89. The molecule has 2 N–H and O–H groups in total. The molecule has 1 aromatic heterocycles. The molecule has 2 aromatic carbocycles. The van der Waals surface area contributed by atoms with Gasteiger partial charge >= 0.3 is 0 Å². The highest BCUT2D eigenvalue weighted by Crippen LogP contribution is 2.35. The van der Waals surface area contributed by atoms with E-state index in [0.29, 0.717) is 11.9 Å². The molecule has 0 amide bonds. The topological polar surface area (TPSA) is 68.3 Å². The zero-order valence-corrected chi connectivity index (χ0v) is 15.6. The van der Waals surface area contributed by atoms with E-state index in [1.807, 2.05) is 31.2 Å². The van der Waals surface area contributed by atoms with Gasteiger partial charge in [-0.15, -0.1) is 0 Å². The largest absolute Gasteiger partial charge is 0.454 e. The first-order chi connectivity index (χ1) is 13.1. The maximum atomic E-state index is 5.41. The van der Waals surface area contributed by atoms with Gasteiger partial charge in [0.15, 0.2) is 11.5 Å². The minimum Gasteiger partial charge on any atom is -0.454 e. The van der Waals surface area contributed by atoms with Crippen molar-refractivity contribution >= 4 is 23.1 Å². The van der Waals surface area contributed by atoms with Crippen molar-refractivity contribution in [2.75, 3.05) is 17.4 Å². The lowest BCUT2D eigenvalue weighted by atomic mass is 10.0. The lowest BCUT2D eigenvalue weighted by Crippen LogP contribution is -2.02. The molecule has 2 heterocycles. The molecule has 27 heavy (non-hydrogen) atoms. The van der Waals surface area contributed by atoms with Gasteiger partial charge in [-0.25, -0.2) is 4.98 Å². The average molecular weight is 362 g/mol. The van der Waals surface area contributed by atoms with Gasteiger partial charge in [0.25, 0.3) is 0 Å². The number of fused-ring (bicyclic) bond motifs is 1. The summed E-state index contributed by atoms with van der Waals surface area (Å²) in [6.45, 7) is 6.57. The molecule has 3 aromatic rings. The summed E-state index contributed by atoms with van der Waals surface area (Å²) >= 11 is 0. The molecule has 6 nitrogen and oxygen atoms in total. The van der Waals surface area contributed by atoms with Gasteiger partial charge in [-0.05, 0) is 42.7 Å². The Hall–Kier alpha value is -3.28. The molecule has 0 saturated heterocycles. The van der Waals surface area contributed by atoms with Crippen molar-refractivity contribution in [3.05, 3.63) is 59.8 Å². The first-order valence-corrected chi connectivity index (χ1v) is 8.96. The third kappa shape index (κ3) is 3.95. The van der Waals surface area contributed by atoms with Crippen LogP contribution in [0.15, 0.2) is 48.5 Å². The minimum absolute atomic E-state index is 0.253. The van der Waals surface area contributed by atoms with Gasteiger partial charge in [0.2, 0.25) is 12.7 Å². The number of nitrogens with one attached hydrogen (secondary N) is 2. The molecule has 1 aliphatic heterocycles. The SMILES string of the molecule is Cc1cc(Nc2ccc(C(C)C)cc2)nc(Nc2ccc3c(c2)OCO3)n1. The van der Waals surface area contributed by atoms with E-state index in [-0.39, 0.29) is 6.79 Å². The van der Waals surface area contributed by atoms with E-state index >= 15 is 0 Å². The van der Waals surface area contributed by atoms with Crippen molar-refractivity contribution < 1.29 is 9.47 Å². The van der Waals surface area contributed by atoms with Crippen LogP contribution in [0.25, 0.3) is 0 Å².